The van der Waals surface area contributed by atoms with Gasteiger partial charge in [-0.25, -0.2) is 4.79 Å². The van der Waals surface area contributed by atoms with Gasteiger partial charge in [-0.15, -0.1) is 11.8 Å². The topological polar surface area (TPSA) is 80.9 Å². The van der Waals surface area contributed by atoms with Crippen molar-refractivity contribution in [2.75, 3.05) is 51.4 Å². The fraction of sp³-hybridized carbons (Fsp3) is 0.405. The first-order valence-corrected chi connectivity index (χ1v) is 18.0. The van der Waals surface area contributed by atoms with Gasteiger partial charge >= 0.3 is 6.03 Å². The molecule has 8 nitrogen and oxygen atoms in total. The van der Waals surface area contributed by atoms with Gasteiger partial charge in [0, 0.05) is 77.6 Å². The van der Waals surface area contributed by atoms with Gasteiger partial charge in [-0.2, -0.15) is 0 Å². The number of aromatic nitrogens is 1. The van der Waals surface area contributed by atoms with Gasteiger partial charge in [-0.05, 0) is 92.3 Å². The second-order valence-corrected chi connectivity index (χ2v) is 14.4. The Morgan fingerprint density at radius 3 is 2.55 bits per heavy atom. The van der Waals surface area contributed by atoms with E-state index in [2.05, 4.69) is 53.8 Å². The Kier molecular flexibility index (Phi) is 10.3. The summed E-state index contributed by atoms with van der Waals surface area (Å²) in [5, 5.41) is 4.92. The summed E-state index contributed by atoms with van der Waals surface area (Å²) in [5.74, 6) is 0.669. The van der Waals surface area contributed by atoms with E-state index in [0.717, 1.165) is 59.3 Å². The van der Waals surface area contributed by atoms with Gasteiger partial charge in [0.2, 0.25) is 5.91 Å². The van der Waals surface area contributed by atoms with Crippen LogP contribution >= 0.6 is 23.4 Å². The first-order valence-electron chi connectivity index (χ1n) is 16.4. The van der Waals surface area contributed by atoms with Gasteiger partial charge in [0.15, 0.2) is 0 Å². The van der Waals surface area contributed by atoms with Crippen LogP contribution in [0.15, 0.2) is 77.8 Å². The lowest BCUT2D eigenvalue weighted by Gasteiger charge is -2.39. The summed E-state index contributed by atoms with van der Waals surface area (Å²) in [6, 6.07) is 21.0. The zero-order valence-electron chi connectivity index (χ0n) is 27.5. The summed E-state index contributed by atoms with van der Waals surface area (Å²) in [7, 11) is 4.11. The summed E-state index contributed by atoms with van der Waals surface area (Å²) in [5.41, 5.74) is 3.92. The zero-order valence-corrected chi connectivity index (χ0v) is 29.1. The van der Waals surface area contributed by atoms with Crippen molar-refractivity contribution >= 4 is 51.9 Å². The van der Waals surface area contributed by atoms with E-state index in [1.54, 1.807) is 11.8 Å². The molecule has 248 valence electrons. The van der Waals surface area contributed by atoms with Crippen LogP contribution in [0.5, 0.6) is 5.75 Å². The molecule has 0 unspecified atom stereocenters. The van der Waals surface area contributed by atoms with Crippen molar-refractivity contribution in [1.29, 1.82) is 0 Å². The molecule has 0 spiro atoms. The number of nitrogens with one attached hydrogen (secondary N) is 2. The van der Waals surface area contributed by atoms with Gasteiger partial charge in [-0.1, -0.05) is 36.7 Å². The number of likely N-dealkylation sites (tertiary alicyclic amines) is 1. The minimum atomic E-state index is -0.785. The van der Waals surface area contributed by atoms with Crippen molar-refractivity contribution in [3.63, 3.8) is 0 Å². The van der Waals surface area contributed by atoms with Crippen LogP contribution in [-0.2, 0) is 11.2 Å². The molecule has 3 aromatic carbocycles. The number of urea groups is 1. The monoisotopic (exact) mass is 673 g/mol. The molecule has 1 fully saturated rings. The number of carbonyl (C=O) groups excluding carboxylic acids is 2. The maximum absolute atomic E-state index is 14.8. The second kappa shape index (κ2) is 14.6. The number of ether oxygens (including phenoxy) is 1. The molecule has 10 heteroatoms. The first kappa shape index (κ1) is 33.2. The molecular weight excluding hydrogens is 630 g/mol. The fourth-order valence-electron chi connectivity index (χ4n) is 7.03. The number of thioether (sulfide) groups is 1. The molecule has 4 aromatic rings. The number of anilines is 1. The summed E-state index contributed by atoms with van der Waals surface area (Å²) in [4.78, 5) is 39.1. The molecule has 3 atom stereocenters. The van der Waals surface area contributed by atoms with Crippen LogP contribution in [0.1, 0.15) is 36.8 Å². The number of hydrogen-bond acceptors (Lipinski definition) is 5. The molecule has 47 heavy (non-hydrogen) atoms. The Morgan fingerprint density at radius 1 is 1.09 bits per heavy atom. The molecule has 6 rings (SSSR count). The Balaban J connectivity index is 1.23. The van der Waals surface area contributed by atoms with E-state index in [1.807, 2.05) is 71.5 Å². The number of benzene rings is 3. The standard InChI is InChI=1S/C37H44ClN5O3S/c1-24(32-21-39-33-8-6-5-7-31(32)33)35(36(44)43-23-25(22-41(2)3)19-26-20-27(38)9-14-34(26)43)40-37(45)42-17-15-29(16-18-42)46-28-10-12-30(47-4)13-11-28/h5-14,20-21,24-25,29,35,39H,15-19,22-23H2,1-4H3,(H,40,45)/t24-,25-,35-/m1/s1. The zero-order chi connectivity index (χ0) is 33.1. The molecule has 0 aliphatic carbocycles. The Labute approximate surface area is 286 Å². The number of aromatic amines is 1. The molecule has 0 saturated carbocycles. The number of rotatable bonds is 9. The molecule has 3 amide bonds. The summed E-state index contributed by atoms with van der Waals surface area (Å²) in [6.45, 7) is 4.54. The quantitative estimate of drug-likeness (QED) is 0.187. The lowest BCUT2D eigenvalue weighted by molar-refractivity contribution is -0.121. The van der Waals surface area contributed by atoms with E-state index >= 15 is 0 Å². The number of H-pyrrole nitrogens is 1. The van der Waals surface area contributed by atoms with Crippen LogP contribution in [0.3, 0.4) is 0 Å². The number of amides is 3. The molecule has 0 bridgehead atoms. The Morgan fingerprint density at radius 2 is 1.83 bits per heavy atom. The second-order valence-electron chi connectivity index (χ2n) is 13.0. The van der Waals surface area contributed by atoms with E-state index in [0.29, 0.717) is 24.7 Å². The van der Waals surface area contributed by atoms with Crippen molar-refractivity contribution in [3.8, 4) is 5.75 Å². The largest absolute Gasteiger partial charge is 0.490 e. The molecule has 0 radical (unpaired) electrons. The Hall–Kier alpha value is -3.66. The van der Waals surface area contributed by atoms with Crippen LogP contribution < -0.4 is 15.0 Å². The van der Waals surface area contributed by atoms with Crippen molar-refractivity contribution in [3.05, 3.63) is 89.1 Å². The highest BCUT2D eigenvalue weighted by atomic mass is 35.5. The van der Waals surface area contributed by atoms with Crippen molar-refractivity contribution < 1.29 is 14.3 Å². The van der Waals surface area contributed by atoms with Crippen LogP contribution in [0.4, 0.5) is 10.5 Å². The summed E-state index contributed by atoms with van der Waals surface area (Å²) < 4.78 is 6.24. The Bertz CT molecular complexity index is 1700. The van der Waals surface area contributed by atoms with Gasteiger partial charge in [0.1, 0.15) is 17.9 Å². The van der Waals surface area contributed by atoms with Crippen LogP contribution in [-0.4, -0.2) is 85.4 Å². The van der Waals surface area contributed by atoms with Crippen molar-refractivity contribution in [2.24, 2.45) is 5.92 Å². The molecular formula is C37H44ClN5O3S. The fourth-order valence-corrected chi connectivity index (χ4v) is 7.63. The maximum Gasteiger partial charge on any atom is 0.318 e. The number of nitrogens with zero attached hydrogens (tertiary/aromatic N) is 3. The minimum Gasteiger partial charge on any atom is -0.490 e. The van der Waals surface area contributed by atoms with Crippen LogP contribution in [0.25, 0.3) is 10.9 Å². The van der Waals surface area contributed by atoms with E-state index in [9.17, 15) is 9.59 Å². The predicted octanol–water partition coefficient (Wildman–Crippen LogP) is 7.04. The number of fused-ring (bicyclic) bond motifs is 2. The normalized spacial score (nSPS) is 18.2. The highest BCUT2D eigenvalue weighted by Crippen LogP contribution is 2.35. The lowest BCUT2D eigenvalue weighted by atomic mass is 9.88. The average molecular weight is 674 g/mol. The number of hydrogen-bond donors (Lipinski definition) is 2. The molecule has 1 aromatic heterocycles. The smallest absolute Gasteiger partial charge is 0.318 e. The molecule has 3 heterocycles. The highest BCUT2D eigenvalue weighted by Gasteiger charge is 2.38. The number of carbonyl (C=O) groups is 2. The maximum atomic E-state index is 14.8. The number of halogens is 1. The van der Waals surface area contributed by atoms with E-state index in [4.69, 9.17) is 16.3 Å². The lowest BCUT2D eigenvalue weighted by Crippen LogP contribution is -2.57. The summed E-state index contributed by atoms with van der Waals surface area (Å²) >= 11 is 8.13. The van der Waals surface area contributed by atoms with Crippen LogP contribution in [0.2, 0.25) is 5.02 Å². The van der Waals surface area contributed by atoms with Gasteiger partial charge in [0.05, 0.1) is 0 Å². The number of piperidine rings is 1. The molecule has 2 N–H and O–H groups in total. The van der Waals surface area contributed by atoms with Crippen LogP contribution in [0, 0.1) is 5.92 Å². The average Bonchev–Trinajstić information content (AvgIpc) is 3.51. The predicted molar refractivity (Wildman–Crippen MR) is 192 cm³/mol. The first-order chi connectivity index (χ1) is 22.7. The highest BCUT2D eigenvalue weighted by molar-refractivity contribution is 7.98. The molecule has 1 saturated heterocycles. The SMILES string of the molecule is CSc1ccc(OC2CCN(C(=O)N[C@@H](C(=O)N3C[C@@H](CN(C)C)Cc4cc(Cl)ccc43)[C@H](C)c3c[nH]c4ccccc34)CC2)cc1. The van der Waals surface area contributed by atoms with Gasteiger partial charge in [-0.3, -0.25) is 4.79 Å². The third-order valence-electron chi connectivity index (χ3n) is 9.42. The molecule has 2 aliphatic rings. The number of para-hydroxylation sites is 1. The van der Waals surface area contributed by atoms with E-state index in [-0.39, 0.29) is 29.9 Å². The molecule has 2 aliphatic heterocycles. The van der Waals surface area contributed by atoms with Gasteiger partial charge in [0.25, 0.3) is 0 Å². The van der Waals surface area contributed by atoms with Crippen molar-refractivity contribution in [2.45, 2.75) is 49.1 Å². The minimum absolute atomic E-state index is 0.0343. The van der Waals surface area contributed by atoms with Gasteiger partial charge < -0.3 is 29.7 Å². The van der Waals surface area contributed by atoms with E-state index in [1.165, 1.54) is 4.90 Å². The van der Waals surface area contributed by atoms with Crippen molar-refractivity contribution in [1.82, 2.24) is 20.1 Å². The third kappa shape index (κ3) is 7.58. The van der Waals surface area contributed by atoms with E-state index < -0.39 is 6.04 Å². The third-order valence-corrected chi connectivity index (χ3v) is 10.4. The summed E-state index contributed by atoms with van der Waals surface area (Å²) in [6.07, 6.45) is 6.34.